The number of anilines is 1. The van der Waals surface area contributed by atoms with Crippen molar-refractivity contribution in [3.63, 3.8) is 0 Å². The smallest absolute Gasteiger partial charge is 0.322 e. The number of hydrogen-bond acceptors (Lipinski definition) is 2. The molecule has 2 amide bonds. The zero-order valence-corrected chi connectivity index (χ0v) is 12.2. The van der Waals surface area contributed by atoms with E-state index in [1.807, 2.05) is 4.90 Å². The summed E-state index contributed by atoms with van der Waals surface area (Å²) >= 11 is 0. The molecule has 0 aromatic heterocycles. The van der Waals surface area contributed by atoms with Crippen molar-refractivity contribution in [1.82, 2.24) is 4.90 Å². The molecule has 0 radical (unpaired) electrons. The molecule has 1 unspecified atom stereocenters. The molecule has 20 heavy (non-hydrogen) atoms. The molecule has 4 nitrogen and oxygen atoms in total. The van der Waals surface area contributed by atoms with Crippen molar-refractivity contribution in [3.05, 3.63) is 29.8 Å². The quantitative estimate of drug-likeness (QED) is 0.855. The minimum Gasteiger partial charge on any atom is -0.322 e. The SMILES string of the molecule is CCC1CCCCN1C(=O)Nc1ccc(C(C)=O)cc1. The summed E-state index contributed by atoms with van der Waals surface area (Å²) in [5, 5.41) is 2.92. The Morgan fingerprint density at radius 1 is 1.25 bits per heavy atom. The van der Waals surface area contributed by atoms with E-state index in [-0.39, 0.29) is 11.8 Å². The second-order valence-corrected chi connectivity index (χ2v) is 5.31. The lowest BCUT2D eigenvalue weighted by molar-refractivity contribution is 0.101. The van der Waals surface area contributed by atoms with Crippen LogP contribution < -0.4 is 5.32 Å². The fourth-order valence-electron chi connectivity index (χ4n) is 2.68. The lowest BCUT2D eigenvalue weighted by Crippen LogP contribution is -2.45. The minimum absolute atomic E-state index is 0.0324. The van der Waals surface area contributed by atoms with Gasteiger partial charge in [0.15, 0.2) is 5.78 Å². The molecule has 1 saturated heterocycles. The van der Waals surface area contributed by atoms with Crippen LogP contribution in [-0.2, 0) is 0 Å². The van der Waals surface area contributed by atoms with Crippen molar-refractivity contribution < 1.29 is 9.59 Å². The molecule has 1 fully saturated rings. The fraction of sp³-hybridized carbons (Fsp3) is 0.500. The number of nitrogens with one attached hydrogen (secondary N) is 1. The van der Waals surface area contributed by atoms with E-state index in [1.54, 1.807) is 24.3 Å². The van der Waals surface area contributed by atoms with Crippen molar-refractivity contribution in [1.29, 1.82) is 0 Å². The van der Waals surface area contributed by atoms with Gasteiger partial charge in [-0.15, -0.1) is 0 Å². The molecule has 1 aromatic rings. The topological polar surface area (TPSA) is 49.4 Å². The molecule has 0 saturated carbocycles. The molecule has 2 rings (SSSR count). The van der Waals surface area contributed by atoms with Crippen LogP contribution in [0.5, 0.6) is 0 Å². The molecule has 4 heteroatoms. The first-order valence-electron chi connectivity index (χ1n) is 7.30. The Hall–Kier alpha value is -1.84. The Balaban J connectivity index is 2.01. The summed E-state index contributed by atoms with van der Waals surface area (Å²) in [6.07, 6.45) is 4.37. The Bertz CT molecular complexity index is 482. The van der Waals surface area contributed by atoms with Gasteiger partial charge in [0.1, 0.15) is 0 Å². The lowest BCUT2D eigenvalue weighted by atomic mass is 10.0. The third kappa shape index (κ3) is 3.38. The molecule has 1 aliphatic heterocycles. The summed E-state index contributed by atoms with van der Waals surface area (Å²) in [7, 11) is 0. The van der Waals surface area contributed by atoms with Crippen LogP contribution in [0, 0.1) is 0 Å². The summed E-state index contributed by atoms with van der Waals surface area (Å²) in [5.74, 6) is 0.0324. The summed E-state index contributed by atoms with van der Waals surface area (Å²) in [6, 6.07) is 7.35. The highest BCUT2D eigenvalue weighted by Gasteiger charge is 2.25. The van der Waals surface area contributed by atoms with Crippen LogP contribution in [0.15, 0.2) is 24.3 Å². The van der Waals surface area contributed by atoms with Crippen molar-refractivity contribution in [2.24, 2.45) is 0 Å². The van der Waals surface area contributed by atoms with Crippen LogP contribution in [0.2, 0.25) is 0 Å². The van der Waals surface area contributed by atoms with Gasteiger partial charge in [0.05, 0.1) is 0 Å². The van der Waals surface area contributed by atoms with Crippen LogP contribution in [0.25, 0.3) is 0 Å². The molecule has 0 aliphatic carbocycles. The Kier molecular flexibility index (Phi) is 4.77. The zero-order chi connectivity index (χ0) is 14.5. The van der Waals surface area contributed by atoms with E-state index < -0.39 is 0 Å². The summed E-state index contributed by atoms with van der Waals surface area (Å²) < 4.78 is 0. The molecular weight excluding hydrogens is 252 g/mol. The van der Waals surface area contributed by atoms with Crippen molar-refractivity contribution in [3.8, 4) is 0 Å². The molecule has 1 aromatic carbocycles. The fourth-order valence-corrected chi connectivity index (χ4v) is 2.68. The first-order valence-corrected chi connectivity index (χ1v) is 7.30. The number of nitrogens with zero attached hydrogens (tertiary/aromatic N) is 1. The Morgan fingerprint density at radius 3 is 2.55 bits per heavy atom. The van der Waals surface area contributed by atoms with Crippen LogP contribution in [0.4, 0.5) is 10.5 Å². The van der Waals surface area contributed by atoms with Gasteiger partial charge in [-0.3, -0.25) is 4.79 Å². The predicted octanol–water partition coefficient (Wildman–Crippen LogP) is 3.69. The molecule has 1 N–H and O–H groups in total. The Morgan fingerprint density at radius 2 is 1.95 bits per heavy atom. The monoisotopic (exact) mass is 274 g/mol. The normalized spacial score (nSPS) is 18.7. The van der Waals surface area contributed by atoms with Crippen molar-refractivity contribution >= 4 is 17.5 Å². The number of piperidine rings is 1. The number of Topliss-reactive ketones (excluding diaryl/α,β-unsaturated/α-hetero) is 1. The highest BCUT2D eigenvalue weighted by atomic mass is 16.2. The van der Waals surface area contributed by atoms with Crippen LogP contribution in [-0.4, -0.2) is 29.3 Å². The third-order valence-corrected chi connectivity index (χ3v) is 3.90. The highest BCUT2D eigenvalue weighted by Crippen LogP contribution is 2.21. The van der Waals surface area contributed by atoms with Crippen LogP contribution >= 0.6 is 0 Å². The predicted molar refractivity (Wildman–Crippen MR) is 80.1 cm³/mol. The number of ketones is 1. The Labute approximate surface area is 120 Å². The van der Waals surface area contributed by atoms with E-state index in [0.29, 0.717) is 11.6 Å². The number of carbonyl (C=O) groups excluding carboxylic acids is 2. The lowest BCUT2D eigenvalue weighted by Gasteiger charge is -2.35. The van der Waals surface area contributed by atoms with Gasteiger partial charge in [-0.25, -0.2) is 4.79 Å². The molecule has 1 aliphatic rings. The molecular formula is C16H22N2O2. The van der Waals surface area contributed by atoms with Crippen LogP contribution in [0.1, 0.15) is 49.9 Å². The summed E-state index contributed by atoms with van der Waals surface area (Å²) in [4.78, 5) is 25.4. The van der Waals surface area contributed by atoms with Gasteiger partial charge in [0.25, 0.3) is 0 Å². The van der Waals surface area contributed by atoms with Crippen molar-refractivity contribution in [2.75, 3.05) is 11.9 Å². The molecule has 0 bridgehead atoms. The number of rotatable bonds is 3. The second kappa shape index (κ2) is 6.55. The standard InChI is InChI=1S/C16H22N2O2/c1-3-15-6-4-5-11-18(15)16(20)17-14-9-7-13(8-10-14)12(2)19/h7-10,15H,3-6,11H2,1-2H3,(H,17,20). The average molecular weight is 274 g/mol. The highest BCUT2D eigenvalue weighted by molar-refractivity contribution is 5.95. The second-order valence-electron chi connectivity index (χ2n) is 5.31. The van der Waals surface area contributed by atoms with Gasteiger partial charge in [-0.05, 0) is 56.9 Å². The van der Waals surface area contributed by atoms with E-state index in [2.05, 4.69) is 12.2 Å². The number of likely N-dealkylation sites (tertiary alicyclic amines) is 1. The van der Waals surface area contributed by atoms with Gasteiger partial charge in [-0.1, -0.05) is 6.92 Å². The molecule has 108 valence electrons. The number of hydrogen-bond donors (Lipinski definition) is 1. The largest absolute Gasteiger partial charge is 0.322 e. The summed E-state index contributed by atoms with van der Waals surface area (Å²) in [5.41, 5.74) is 1.40. The minimum atomic E-state index is -0.0351. The summed E-state index contributed by atoms with van der Waals surface area (Å²) in [6.45, 7) is 4.49. The van der Waals surface area contributed by atoms with E-state index in [0.717, 1.165) is 31.5 Å². The number of carbonyl (C=O) groups is 2. The maximum atomic E-state index is 12.3. The zero-order valence-electron chi connectivity index (χ0n) is 12.2. The first-order chi connectivity index (χ1) is 9.61. The van der Waals surface area contributed by atoms with Gasteiger partial charge < -0.3 is 10.2 Å². The first kappa shape index (κ1) is 14.6. The van der Waals surface area contributed by atoms with E-state index in [4.69, 9.17) is 0 Å². The van der Waals surface area contributed by atoms with E-state index >= 15 is 0 Å². The molecule has 0 spiro atoms. The molecule has 1 heterocycles. The molecule has 1 atom stereocenters. The van der Waals surface area contributed by atoms with Gasteiger partial charge in [0.2, 0.25) is 0 Å². The maximum absolute atomic E-state index is 12.3. The number of amides is 2. The average Bonchev–Trinajstić information content (AvgIpc) is 2.47. The van der Waals surface area contributed by atoms with E-state index in [9.17, 15) is 9.59 Å². The number of benzene rings is 1. The maximum Gasteiger partial charge on any atom is 0.322 e. The van der Waals surface area contributed by atoms with Crippen LogP contribution in [0.3, 0.4) is 0 Å². The van der Waals surface area contributed by atoms with Gasteiger partial charge in [-0.2, -0.15) is 0 Å². The number of urea groups is 1. The third-order valence-electron chi connectivity index (χ3n) is 3.90. The van der Waals surface area contributed by atoms with E-state index in [1.165, 1.54) is 13.3 Å². The van der Waals surface area contributed by atoms with Gasteiger partial charge >= 0.3 is 6.03 Å². The van der Waals surface area contributed by atoms with Gasteiger partial charge in [0, 0.05) is 23.8 Å². The van der Waals surface area contributed by atoms with Crippen molar-refractivity contribution in [2.45, 2.75) is 45.6 Å².